The third-order valence-corrected chi connectivity index (χ3v) is 4.10. The molecule has 7 heteroatoms. The van der Waals surface area contributed by atoms with E-state index < -0.39 is 12.0 Å². The van der Waals surface area contributed by atoms with E-state index in [9.17, 15) is 14.7 Å². The molecule has 0 spiro atoms. The molecule has 2 N–H and O–H groups in total. The molecule has 1 heterocycles. The van der Waals surface area contributed by atoms with Gasteiger partial charge in [0.1, 0.15) is 6.04 Å². The fraction of sp³-hybridized carbons (Fsp3) is 0.222. The van der Waals surface area contributed by atoms with Crippen LogP contribution in [0.2, 0.25) is 5.02 Å². The third-order valence-electron chi connectivity index (χ3n) is 3.84. The number of carboxylic acids is 1. The molecule has 130 valence electrons. The van der Waals surface area contributed by atoms with E-state index in [1.165, 1.54) is 0 Å². The first kappa shape index (κ1) is 17.3. The second-order valence-electron chi connectivity index (χ2n) is 5.59. The monoisotopic (exact) mass is 361 g/mol. The van der Waals surface area contributed by atoms with Crippen molar-refractivity contribution in [2.75, 3.05) is 6.79 Å². The molecule has 1 unspecified atom stereocenters. The minimum Gasteiger partial charge on any atom is -0.480 e. The summed E-state index contributed by atoms with van der Waals surface area (Å²) in [5.74, 6) is -0.0508. The molecular weight excluding hydrogens is 346 g/mol. The fourth-order valence-corrected chi connectivity index (χ4v) is 2.60. The van der Waals surface area contributed by atoms with Gasteiger partial charge in [-0.3, -0.25) is 14.9 Å². The largest absolute Gasteiger partial charge is 0.480 e. The summed E-state index contributed by atoms with van der Waals surface area (Å²) in [5, 5.41) is 12.8. The van der Waals surface area contributed by atoms with E-state index >= 15 is 0 Å². The number of Topliss-reactive ketones (excluding diaryl/α,β-unsaturated/α-hetero) is 1. The molecule has 1 atom stereocenters. The number of nitrogens with one attached hydrogen (secondary N) is 1. The topological polar surface area (TPSA) is 84.9 Å². The SMILES string of the molecule is O=C(CC(NCc1ccc2c(c1)OCO2)C(=O)O)c1ccc(Cl)cc1. The van der Waals surface area contributed by atoms with Gasteiger partial charge in [-0.2, -0.15) is 0 Å². The normalized spacial score (nSPS) is 13.5. The molecule has 0 fully saturated rings. The summed E-state index contributed by atoms with van der Waals surface area (Å²) in [7, 11) is 0. The van der Waals surface area contributed by atoms with E-state index in [0.29, 0.717) is 28.6 Å². The smallest absolute Gasteiger partial charge is 0.321 e. The molecule has 1 aliphatic rings. The number of carboxylic acid groups (broad SMARTS) is 1. The maximum absolute atomic E-state index is 12.3. The van der Waals surface area contributed by atoms with Crippen LogP contribution in [0.3, 0.4) is 0 Å². The summed E-state index contributed by atoms with van der Waals surface area (Å²) >= 11 is 5.79. The highest BCUT2D eigenvalue weighted by molar-refractivity contribution is 6.30. The first-order chi connectivity index (χ1) is 12.0. The lowest BCUT2D eigenvalue weighted by molar-refractivity contribution is -0.139. The van der Waals surface area contributed by atoms with Crippen LogP contribution in [0.5, 0.6) is 11.5 Å². The lowest BCUT2D eigenvalue weighted by Crippen LogP contribution is -2.38. The van der Waals surface area contributed by atoms with Gasteiger partial charge in [0.2, 0.25) is 6.79 Å². The molecule has 25 heavy (non-hydrogen) atoms. The number of carbonyl (C=O) groups is 2. The first-order valence-electron chi connectivity index (χ1n) is 7.66. The first-order valence-corrected chi connectivity index (χ1v) is 8.04. The van der Waals surface area contributed by atoms with E-state index in [1.807, 2.05) is 6.07 Å². The van der Waals surface area contributed by atoms with Gasteiger partial charge in [0.25, 0.3) is 0 Å². The van der Waals surface area contributed by atoms with Crippen molar-refractivity contribution in [1.29, 1.82) is 0 Å². The van der Waals surface area contributed by atoms with Gasteiger partial charge in [-0.05, 0) is 42.0 Å². The number of hydrogen-bond donors (Lipinski definition) is 2. The van der Waals surface area contributed by atoms with Crippen LogP contribution < -0.4 is 14.8 Å². The number of carbonyl (C=O) groups excluding carboxylic acids is 1. The number of benzene rings is 2. The summed E-state index contributed by atoms with van der Waals surface area (Å²) in [4.78, 5) is 23.7. The van der Waals surface area contributed by atoms with E-state index in [-0.39, 0.29) is 19.0 Å². The molecule has 3 rings (SSSR count). The Morgan fingerprint density at radius 2 is 1.84 bits per heavy atom. The van der Waals surface area contributed by atoms with Crippen molar-refractivity contribution in [3.63, 3.8) is 0 Å². The highest BCUT2D eigenvalue weighted by Crippen LogP contribution is 2.32. The van der Waals surface area contributed by atoms with Gasteiger partial charge in [0.05, 0.1) is 0 Å². The molecule has 0 aromatic heterocycles. The van der Waals surface area contributed by atoms with Crippen LogP contribution in [-0.4, -0.2) is 29.7 Å². The number of fused-ring (bicyclic) bond motifs is 1. The average Bonchev–Trinajstić information content (AvgIpc) is 3.06. The molecule has 2 aromatic carbocycles. The Hall–Kier alpha value is -2.57. The molecule has 0 radical (unpaired) electrons. The van der Waals surface area contributed by atoms with Crippen LogP contribution in [0.15, 0.2) is 42.5 Å². The van der Waals surface area contributed by atoms with E-state index in [2.05, 4.69) is 5.32 Å². The standard InChI is InChI=1S/C18H16ClNO5/c19-13-4-2-12(3-5-13)15(21)8-14(18(22)23)20-9-11-1-6-16-17(7-11)25-10-24-16/h1-7,14,20H,8-10H2,(H,22,23). The number of halogens is 1. The lowest BCUT2D eigenvalue weighted by Gasteiger charge is -2.14. The summed E-state index contributed by atoms with van der Waals surface area (Å²) in [6.45, 7) is 0.473. The summed E-state index contributed by atoms with van der Waals surface area (Å²) in [6, 6.07) is 10.8. The van der Waals surface area contributed by atoms with Crippen LogP contribution >= 0.6 is 11.6 Å². The van der Waals surface area contributed by atoms with Gasteiger partial charge in [0.15, 0.2) is 17.3 Å². The van der Waals surface area contributed by atoms with Gasteiger partial charge in [-0.15, -0.1) is 0 Å². The van der Waals surface area contributed by atoms with Crippen molar-refractivity contribution in [2.24, 2.45) is 0 Å². The molecule has 0 saturated heterocycles. The third kappa shape index (κ3) is 4.29. The van der Waals surface area contributed by atoms with Gasteiger partial charge < -0.3 is 14.6 Å². The Bertz CT molecular complexity index is 791. The Labute approximate surface area is 149 Å². The van der Waals surface area contributed by atoms with Crippen molar-refractivity contribution >= 4 is 23.4 Å². The second-order valence-corrected chi connectivity index (χ2v) is 6.03. The molecule has 0 aliphatic carbocycles. The van der Waals surface area contributed by atoms with Gasteiger partial charge >= 0.3 is 5.97 Å². The molecular formula is C18H16ClNO5. The molecule has 1 aliphatic heterocycles. The summed E-state index contributed by atoms with van der Waals surface area (Å²) < 4.78 is 10.5. The van der Waals surface area contributed by atoms with Gasteiger partial charge in [0, 0.05) is 23.6 Å². The van der Waals surface area contributed by atoms with E-state index in [0.717, 1.165) is 5.56 Å². The number of ether oxygens (including phenoxy) is 2. The molecule has 2 aromatic rings. The highest BCUT2D eigenvalue weighted by Gasteiger charge is 2.22. The predicted molar refractivity (Wildman–Crippen MR) is 91.2 cm³/mol. The van der Waals surface area contributed by atoms with Crippen molar-refractivity contribution in [1.82, 2.24) is 5.32 Å². The van der Waals surface area contributed by atoms with Crippen LogP contribution in [0, 0.1) is 0 Å². The molecule has 0 saturated carbocycles. The van der Waals surface area contributed by atoms with Crippen molar-refractivity contribution in [2.45, 2.75) is 19.0 Å². The zero-order valence-electron chi connectivity index (χ0n) is 13.2. The maximum atomic E-state index is 12.3. The molecule has 0 amide bonds. The van der Waals surface area contributed by atoms with Crippen LogP contribution in [0.1, 0.15) is 22.3 Å². The van der Waals surface area contributed by atoms with Crippen molar-refractivity contribution < 1.29 is 24.2 Å². The second kappa shape index (κ2) is 7.55. The Morgan fingerprint density at radius 1 is 1.12 bits per heavy atom. The zero-order valence-corrected chi connectivity index (χ0v) is 14.0. The lowest BCUT2D eigenvalue weighted by atomic mass is 10.0. The minimum absolute atomic E-state index is 0.151. The Morgan fingerprint density at radius 3 is 2.56 bits per heavy atom. The van der Waals surface area contributed by atoms with Crippen LogP contribution in [0.25, 0.3) is 0 Å². The van der Waals surface area contributed by atoms with Crippen molar-refractivity contribution in [3.05, 3.63) is 58.6 Å². The summed E-state index contributed by atoms with van der Waals surface area (Å²) in [6.07, 6.45) is -0.151. The van der Waals surface area contributed by atoms with Gasteiger partial charge in [-0.25, -0.2) is 0 Å². The van der Waals surface area contributed by atoms with Crippen LogP contribution in [-0.2, 0) is 11.3 Å². The number of hydrogen-bond acceptors (Lipinski definition) is 5. The maximum Gasteiger partial charge on any atom is 0.321 e. The Balaban J connectivity index is 1.62. The number of aliphatic carboxylic acids is 1. The van der Waals surface area contributed by atoms with E-state index in [1.54, 1.807) is 36.4 Å². The molecule has 6 nitrogen and oxygen atoms in total. The Kier molecular flexibility index (Phi) is 5.21. The zero-order chi connectivity index (χ0) is 17.8. The number of ketones is 1. The summed E-state index contributed by atoms with van der Waals surface area (Å²) in [5.41, 5.74) is 1.27. The van der Waals surface area contributed by atoms with Gasteiger partial charge in [-0.1, -0.05) is 17.7 Å². The number of rotatable bonds is 7. The highest BCUT2D eigenvalue weighted by atomic mass is 35.5. The minimum atomic E-state index is -1.08. The van der Waals surface area contributed by atoms with E-state index in [4.69, 9.17) is 21.1 Å². The quantitative estimate of drug-likeness (QED) is 0.738. The van der Waals surface area contributed by atoms with Crippen molar-refractivity contribution in [3.8, 4) is 11.5 Å². The average molecular weight is 362 g/mol. The fourth-order valence-electron chi connectivity index (χ4n) is 2.48. The predicted octanol–water partition coefficient (Wildman–Crippen LogP) is 2.88. The van der Waals surface area contributed by atoms with Crippen LogP contribution in [0.4, 0.5) is 0 Å². The molecule has 0 bridgehead atoms.